The Morgan fingerprint density at radius 3 is 2.50 bits per heavy atom. The highest BCUT2D eigenvalue weighted by Crippen LogP contribution is 2.42. The first-order valence-corrected chi connectivity index (χ1v) is 11.8. The molecule has 1 unspecified atom stereocenters. The second kappa shape index (κ2) is 9.80. The second-order valence-electron chi connectivity index (χ2n) is 9.90. The van der Waals surface area contributed by atoms with E-state index in [9.17, 15) is 9.90 Å². The van der Waals surface area contributed by atoms with E-state index in [1.807, 2.05) is 0 Å². The summed E-state index contributed by atoms with van der Waals surface area (Å²) in [6.07, 6.45) is 7.09. The minimum Gasteiger partial charge on any atom is -0.396 e. The third kappa shape index (κ3) is 5.06. The highest BCUT2D eigenvalue weighted by Gasteiger charge is 2.42. The smallest absolute Gasteiger partial charge is 0.225 e. The van der Waals surface area contributed by atoms with Crippen molar-refractivity contribution >= 4 is 5.91 Å². The zero-order valence-electron chi connectivity index (χ0n) is 18.4. The minimum absolute atomic E-state index is 0.129. The molecule has 5 nitrogen and oxygen atoms in total. The van der Waals surface area contributed by atoms with Crippen LogP contribution >= 0.6 is 0 Å². The van der Waals surface area contributed by atoms with E-state index in [1.165, 1.54) is 12.0 Å². The predicted octanol–water partition coefficient (Wildman–Crippen LogP) is 3.19. The zero-order chi connectivity index (χ0) is 21.0. The molecule has 1 heterocycles. The molecule has 1 saturated heterocycles. The molecule has 1 aliphatic heterocycles. The van der Waals surface area contributed by atoms with E-state index < -0.39 is 0 Å². The summed E-state index contributed by atoms with van der Waals surface area (Å²) in [5.74, 6) is 1.55. The van der Waals surface area contributed by atoms with Crippen LogP contribution in [0.5, 0.6) is 0 Å². The van der Waals surface area contributed by atoms with Crippen LogP contribution < -0.4 is 5.32 Å². The Balaban J connectivity index is 1.26. The van der Waals surface area contributed by atoms with E-state index in [1.54, 1.807) is 7.11 Å². The van der Waals surface area contributed by atoms with Gasteiger partial charge in [0.05, 0.1) is 6.61 Å². The predicted molar refractivity (Wildman–Crippen MR) is 118 cm³/mol. The van der Waals surface area contributed by atoms with Gasteiger partial charge in [0.2, 0.25) is 5.91 Å². The van der Waals surface area contributed by atoms with Gasteiger partial charge in [-0.15, -0.1) is 0 Å². The van der Waals surface area contributed by atoms with Crippen molar-refractivity contribution in [3.63, 3.8) is 0 Å². The molecule has 0 radical (unpaired) electrons. The molecule has 4 rings (SSSR count). The van der Waals surface area contributed by atoms with E-state index in [2.05, 4.69) is 40.5 Å². The number of aliphatic hydroxyl groups excluding tert-OH is 1. The molecule has 166 valence electrons. The van der Waals surface area contributed by atoms with Crippen LogP contribution in [0.4, 0.5) is 0 Å². The summed E-state index contributed by atoms with van der Waals surface area (Å²) in [7, 11) is 1.79. The highest BCUT2D eigenvalue weighted by atomic mass is 16.5. The minimum atomic E-state index is 0.129. The van der Waals surface area contributed by atoms with Crippen molar-refractivity contribution in [2.24, 2.45) is 17.3 Å². The number of benzene rings is 1. The van der Waals surface area contributed by atoms with Gasteiger partial charge in [-0.1, -0.05) is 30.3 Å². The number of ether oxygens (including phenoxy) is 1. The Labute approximate surface area is 181 Å². The van der Waals surface area contributed by atoms with Gasteiger partial charge in [-0.05, 0) is 56.4 Å². The molecule has 0 spiro atoms. The van der Waals surface area contributed by atoms with Crippen LogP contribution in [0.15, 0.2) is 30.3 Å². The standard InChI is InChI=1S/C25H38N2O3/c1-30-18-25(17-26-23-15-22(23)20-5-3-2-4-6-20)11-13-27(14-12-25)24(29)21-9-7-19(16-28)8-10-21/h2-6,19,21-23,26,28H,7-18H2,1H3/t19?,21?,22?,23-/m1/s1. The molecule has 1 aromatic carbocycles. The molecule has 1 aromatic rings. The van der Waals surface area contributed by atoms with E-state index >= 15 is 0 Å². The van der Waals surface area contributed by atoms with Crippen LogP contribution in [0, 0.1) is 17.3 Å². The molecular formula is C25H38N2O3. The normalized spacial score (nSPS) is 30.8. The highest BCUT2D eigenvalue weighted by molar-refractivity contribution is 5.79. The molecular weight excluding hydrogens is 376 g/mol. The van der Waals surface area contributed by atoms with E-state index in [0.717, 1.165) is 64.8 Å². The number of likely N-dealkylation sites (tertiary alicyclic amines) is 1. The molecule has 2 saturated carbocycles. The Morgan fingerprint density at radius 1 is 1.17 bits per heavy atom. The van der Waals surface area contributed by atoms with Crippen LogP contribution in [0.25, 0.3) is 0 Å². The number of nitrogens with one attached hydrogen (secondary N) is 1. The first-order chi connectivity index (χ1) is 14.6. The summed E-state index contributed by atoms with van der Waals surface area (Å²) < 4.78 is 5.62. The van der Waals surface area contributed by atoms with Crippen LogP contribution in [0.1, 0.15) is 56.4 Å². The molecule has 2 atom stereocenters. The van der Waals surface area contributed by atoms with E-state index in [-0.39, 0.29) is 17.9 Å². The van der Waals surface area contributed by atoms with Crippen molar-refractivity contribution in [1.29, 1.82) is 0 Å². The number of hydrogen-bond acceptors (Lipinski definition) is 4. The number of carbonyl (C=O) groups excluding carboxylic acids is 1. The van der Waals surface area contributed by atoms with Crippen molar-refractivity contribution in [2.45, 2.75) is 56.9 Å². The SMILES string of the molecule is COCC1(CN[C@@H]2CC2c2ccccc2)CCN(C(=O)C2CCC(CO)CC2)CC1. The fourth-order valence-corrected chi connectivity index (χ4v) is 5.57. The van der Waals surface area contributed by atoms with Crippen LogP contribution in [0.2, 0.25) is 0 Å². The lowest BCUT2D eigenvalue weighted by atomic mass is 9.77. The number of carbonyl (C=O) groups is 1. The third-order valence-electron chi connectivity index (χ3n) is 7.80. The zero-order valence-corrected chi connectivity index (χ0v) is 18.4. The van der Waals surface area contributed by atoms with Gasteiger partial charge in [0.1, 0.15) is 0 Å². The van der Waals surface area contributed by atoms with Gasteiger partial charge in [0.15, 0.2) is 0 Å². The maximum absolute atomic E-state index is 13.0. The Morgan fingerprint density at radius 2 is 1.87 bits per heavy atom. The summed E-state index contributed by atoms with van der Waals surface area (Å²) in [6.45, 7) is 3.68. The number of nitrogens with zero attached hydrogens (tertiary/aromatic N) is 1. The number of piperidine rings is 1. The van der Waals surface area contributed by atoms with Crippen LogP contribution in [-0.4, -0.2) is 61.9 Å². The number of hydrogen-bond donors (Lipinski definition) is 2. The number of aliphatic hydroxyl groups is 1. The van der Waals surface area contributed by atoms with Gasteiger partial charge in [-0.2, -0.15) is 0 Å². The monoisotopic (exact) mass is 414 g/mol. The Hall–Kier alpha value is -1.43. The van der Waals surface area contributed by atoms with Gasteiger partial charge in [-0.3, -0.25) is 4.79 Å². The largest absolute Gasteiger partial charge is 0.396 e. The lowest BCUT2D eigenvalue weighted by Gasteiger charge is -2.43. The van der Waals surface area contributed by atoms with Crippen molar-refractivity contribution in [3.8, 4) is 0 Å². The second-order valence-corrected chi connectivity index (χ2v) is 9.90. The third-order valence-corrected chi connectivity index (χ3v) is 7.80. The summed E-state index contributed by atoms with van der Waals surface area (Å²) in [5.41, 5.74) is 1.57. The quantitative estimate of drug-likeness (QED) is 0.686. The average Bonchev–Trinajstić information content (AvgIpc) is 3.59. The topological polar surface area (TPSA) is 61.8 Å². The fourth-order valence-electron chi connectivity index (χ4n) is 5.57. The molecule has 0 aromatic heterocycles. The van der Waals surface area contributed by atoms with Crippen molar-refractivity contribution in [2.75, 3.05) is 40.0 Å². The number of amides is 1. The lowest BCUT2D eigenvalue weighted by molar-refractivity contribution is -0.140. The fraction of sp³-hybridized carbons (Fsp3) is 0.720. The summed E-state index contributed by atoms with van der Waals surface area (Å²) in [6, 6.07) is 11.4. The van der Waals surface area contributed by atoms with Crippen molar-refractivity contribution in [1.82, 2.24) is 10.2 Å². The summed E-state index contributed by atoms with van der Waals surface area (Å²) >= 11 is 0. The summed E-state index contributed by atoms with van der Waals surface area (Å²) in [5, 5.41) is 13.1. The first-order valence-electron chi connectivity index (χ1n) is 11.8. The van der Waals surface area contributed by atoms with Crippen molar-refractivity contribution < 1.29 is 14.6 Å². The molecule has 2 N–H and O–H groups in total. The van der Waals surface area contributed by atoms with E-state index in [0.29, 0.717) is 23.8 Å². The average molecular weight is 415 g/mol. The van der Waals surface area contributed by atoms with Gasteiger partial charge in [-0.25, -0.2) is 0 Å². The number of rotatable bonds is 8. The lowest BCUT2D eigenvalue weighted by Crippen LogP contribution is -2.50. The molecule has 5 heteroatoms. The van der Waals surface area contributed by atoms with Gasteiger partial charge in [0.25, 0.3) is 0 Å². The Kier molecular flexibility index (Phi) is 7.12. The molecule has 30 heavy (non-hydrogen) atoms. The van der Waals surface area contributed by atoms with Crippen LogP contribution in [-0.2, 0) is 9.53 Å². The summed E-state index contributed by atoms with van der Waals surface area (Å²) in [4.78, 5) is 15.1. The molecule has 3 aliphatic rings. The Bertz CT molecular complexity index is 679. The van der Waals surface area contributed by atoms with Gasteiger partial charge in [0, 0.05) is 56.6 Å². The van der Waals surface area contributed by atoms with E-state index in [4.69, 9.17) is 4.74 Å². The van der Waals surface area contributed by atoms with Gasteiger partial charge < -0.3 is 20.1 Å². The molecule has 0 bridgehead atoms. The van der Waals surface area contributed by atoms with Crippen LogP contribution in [0.3, 0.4) is 0 Å². The first kappa shape index (κ1) is 21.8. The van der Waals surface area contributed by atoms with Crippen molar-refractivity contribution in [3.05, 3.63) is 35.9 Å². The molecule has 1 amide bonds. The molecule has 3 fully saturated rings. The maximum Gasteiger partial charge on any atom is 0.225 e. The maximum atomic E-state index is 13.0. The molecule has 2 aliphatic carbocycles. The van der Waals surface area contributed by atoms with Gasteiger partial charge >= 0.3 is 0 Å². The number of methoxy groups -OCH3 is 1.